The van der Waals surface area contributed by atoms with E-state index >= 15 is 0 Å². The summed E-state index contributed by atoms with van der Waals surface area (Å²) in [7, 11) is 0. The van der Waals surface area contributed by atoms with Crippen molar-refractivity contribution in [2.45, 2.75) is 51.9 Å². The Morgan fingerprint density at radius 3 is 2.33 bits per heavy atom. The van der Waals surface area contributed by atoms with Gasteiger partial charge in [0.05, 0.1) is 0 Å². The molecular formula is C14H28F2N2. The zero-order valence-corrected chi connectivity index (χ0v) is 11.9. The highest BCUT2D eigenvalue weighted by Crippen LogP contribution is 2.35. The fourth-order valence-corrected chi connectivity index (χ4v) is 2.58. The third kappa shape index (κ3) is 6.10. The first kappa shape index (κ1) is 15.8. The van der Waals surface area contributed by atoms with Crippen molar-refractivity contribution >= 4 is 0 Å². The monoisotopic (exact) mass is 262 g/mol. The van der Waals surface area contributed by atoms with E-state index in [1.807, 2.05) is 0 Å². The lowest BCUT2D eigenvalue weighted by atomic mass is 9.87. The molecule has 1 aliphatic rings. The Bertz CT molecular complexity index is 208. The number of nitrogens with one attached hydrogen (secondary N) is 1. The van der Waals surface area contributed by atoms with Crippen molar-refractivity contribution in [2.75, 3.05) is 32.7 Å². The van der Waals surface area contributed by atoms with Gasteiger partial charge in [-0.3, -0.25) is 0 Å². The summed E-state index contributed by atoms with van der Waals surface area (Å²) < 4.78 is 25.9. The molecule has 0 aliphatic heterocycles. The van der Waals surface area contributed by atoms with Crippen molar-refractivity contribution in [2.24, 2.45) is 5.92 Å². The molecule has 1 N–H and O–H groups in total. The van der Waals surface area contributed by atoms with Gasteiger partial charge in [-0.2, -0.15) is 0 Å². The van der Waals surface area contributed by atoms with Crippen molar-refractivity contribution < 1.29 is 8.78 Å². The third-order valence-electron chi connectivity index (χ3n) is 3.99. The molecule has 0 radical (unpaired) electrons. The van der Waals surface area contributed by atoms with Gasteiger partial charge < -0.3 is 10.2 Å². The van der Waals surface area contributed by atoms with Crippen molar-refractivity contribution in [3.05, 3.63) is 0 Å². The van der Waals surface area contributed by atoms with E-state index < -0.39 is 5.92 Å². The Morgan fingerprint density at radius 2 is 1.78 bits per heavy atom. The van der Waals surface area contributed by atoms with Crippen LogP contribution in [0.1, 0.15) is 46.0 Å². The molecule has 0 amide bonds. The zero-order chi connectivity index (χ0) is 13.4. The number of nitrogens with zero attached hydrogens (tertiary/aromatic N) is 1. The molecule has 0 aromatic heterocycles. The van der Waals surface area contributed by atoms with E-state index in [4.69, 9.17) is 0 Å². The zero-order valence-electron chi connectivity index (χ0n) is 11.9. The standard InChI is InChI=1S/C14H28F2N2/c1-3-18(4-2)11-5-10-17-12-13-6-8-14(15,16)9-7-13/h13,17H,3-12H2,1-2H3. The summed E-state index contributed by atoms with van der Waals surface area (Å²) in [4.78, 5) is 2.41. The highest BCUT2D eigenvalue weighted by Gasteiger charge is 2.34. The average Bonchev–Trinajstić information content (AvgIpc) is 2.35. The van der Waals surface area contributed by atoms with E-state index in [-0.39, 0.29) is 12.8 Å². The summed E-state index contributed by atoms with van der Waals surface area (Å²) >= 11 is 0. The van der Waals surface area contributed by atoms with Crippen LogP contribution in [0.25, 0.3) is 0 Å². The molecule has 1 aliphatic carbocycles. The number of alkyl halides is 2. The summed E-state index contributed by atoms with van der Waals surface area (Å²) in [5.41, 5.74) is 0. The number of hydrogen-bond acceptors (Lipinski definition) is 2. The van der Waals surface area contributed by atoms with E-state index in [1.54, 1.807) is 0 Å². The first-order chi connectivity index (χ1) is 8.57. The summed E-state index contributed by atoms with van der Waals surface area (Å²) in [5, 5.41) is 3.41. The second-order valence-electron chi connectivity index (χ2n) is 5.38. The largest absolute Gasteiger partial charge is 0.316 e. The van der Waals surface area contributed by atoms with Gasteiger partial charge in [0.1, 0.15) is 0 Å². The fraction of sp³-hybridized carbons (Fsp3) is 1.00. The predicted molar refractivity (Wildman–Crippen MR) is 72.2 cm³/mol. The molecule has 0 saturated heterocycles. The average molecular weight is 262 g/mol. The van der Waals surface area contributed by atoms with E-state index in [0.29, 0.717) is 18.8 Å². The van der Waals surface area contributed by atoms with Crippen LogP contribution >= 0.6 is 0 Å². The van der Waals surface area contributed by atoms with Gasteiger partial charge in [-0.05, 0) is 57.9 Å². The molecule has 4 heteroatoms. The molecule has 0 bridgehead atoms. The molecule has 2 nitrogen and oxygen atoms in total. The maximum atomic E-state index is 13.0. The van der Waals surface area contributed by atoms with Crippen LogP contribution in [0.15, 0.2) is 0 Å². The van der Waals surface area contributed by atoms with Crippen LogP contribution in [-0.2, 0) is 0 Å². The molecule has 0 heterocycles. The highest BCUT2D eigenvalue weighted by molar-refractivity contribution is 4.78. The van der Waals surface area contributed by atoms with E-state index in [1.165, 1.54) is 0 Å². The topological polar surface area (TPSA) is 15.3 Å². The van der Waals surface area contributed by atoms with Gasteiger partial charge in [0.2, 0.25) is 5.92 Å². The third-order valence-corrected chi connectivity index (χ3v) is 3.99. The second-order valence-corrected chi connectivity index (χ2v) is 5.38. The summed E-state index contributed by atoms with van der Waals surface area (Å²) in [6, 6.07) is 0. The van der Waals surface area contributed by atoms with Crippen molar-refractivity contribution in [1.29, 1.82) is 0 Å². The van der Waals surface area contributed by atoms with Crippen LogP contribution in [-0.4, -0.2) is 43.5 Å². The van der Waals surface area contributed by atoms with Crippen molar-refractivity contribution in [3.63, 3.8) is 0 Å². The Labute approximate surface area is 110 Å². The summed E-state index contributed by atoms with van der Waals surface area (Å²) in [6.07, 6.45) is 2.66. The molecule has 0 unspecified atom stereocenters. The van der Waals surface area contributed by atoms with Crippen LogP contribution in [0, 0.1) is 5.92 Å². The Kier molecular flexibility index (Phi) is 7.08. The number of rotatable bonds is 8. The number of halogens is 2. The van der Waals surface area contributed by atoms with E-state index in [2.05, 4.69) is 24.1 Å². The number of hydrogen-bond donors (Lipinski definition) is 1. The fourth-order valence-electron chi connectivity index (χ4n) is 2.58. The lowest BCUT2D eigenvalue weighted by molar-refractivity contribution is -0.0454. The molecule has 1 saturated carbocycles. The Morgan fingerprint density at radius 1 is 1.17 bits per heavy atom. The minimum Gasteiger partial charge on any atom is -0.316 e. The van der Waals surface area contributed by atoms with Gasteiger partial charge in [-0.1, -0.05) is 13.8 Å². The lowest BCUT2D eigenvalue weighted by Crippen LogP contribution is -2.32. The maximum absolute atomic E-state index is 13.0. The summed E-state index contributed by atoms with van der Waals surface area (Å²) in [6.45, 7) is 9.61. The summed E-state index contributed by atoms with van der Waals surface area (Å²) in [5.74, 6) is -1.93. The highest BCUT2D eigenvalue weighted by atomic mass is 19.3. The van der Waals surface area contributed by atoms with Crippen LogP contribution in [0.5, 0.6) is 0 Å². The maximum Gasteiger partial charge on any atom is 0.248 e. The van der Waals surface area contributed by atoms with Gasteiger partial charge in [-0.15, -0.1) is 0 Å². The predicted octanol–water partition coefficient (Wildman–Crippen LogP) is 3.13. The molecule has 0 atom stereocenters. The minimum atomic E-state index is -2.39. The molecule has 18 heavy (non-hydrogen) atoms. The van der Waals surface area contributed by atoms with Gasteiger partial charge in [-0.25, -0.2) is 8.78 Å². The van der Waals surface area contributed by atoms with Gasteiger partial charge >= 0.3 is 0 Å². The van der Waals surface area contributed by atoms with Crippen LogP contribution in [0.2, 0.25) is 0 Å². The molecule has 1 rings (SSSR count). The molecule has 1 fully saturated rings. The van der Waals surface area contributed by atoms with Crippen molar-refractivity contribution in [1.82, 2.24) is 10.2 Å². The normalized spacial score (nSPS) is 20.5. The van der Waals surface area contributed by atoms with Crippen LogP contribution in [0.4, 0.5) is 8.78 Å². The quantitative estimate of drug-likeness (QED) is 0.676. The molecule has 108 valence electrons. The molecule has 0 aromatic rings. The Balaban J connectivity index is 1.99. The van der Waals surface area contributed by atoms with Crippen molar-refractivity contribution in [3.8, 4) is 0 Å². The first-order valence-corrected chi connectivity index (χ1v) is 7.38. The van der Waals surface area contributed by atoms with Crippen LogP contribution in [0.3, 0.4) is 0 Å². The van der Waals surface area contributed by atoms with Gasteiger partial charge in [0.15, 0.2) is 0 Å². The lowest BCUT2D eigenvalue weighted by Gasteiger charge is -2.28. The van der Waals surface area contributed by atoms with Crippen LogP contribution < -0.4 is 5.32 Å². The smallest absolute Gasteiger partial charge is 0.248 e. The first-order valence-electron chi connectivity index (χ1n) is 7.38. The molecule has 0 spiro atoms. The second kappa shape index (κ2) is 8.05. The minimum absolute atomic E-state index is 0.0821. The Hall–Kier alpha value is -0.220. The van der Waals surface area contributed by atoms with Gasteiger partial charge in [0.25, 0.3) is 0 Å². The van der Waals surface area contributed by atoms with Gasteiger partial charge in [0, 0.05) is 12.8 Å². The van der Waals surface area contributed by atoms with E-state index in [0.717, 1.165) is 39.1 Å². The van der Waals surface area contributed by atoms with E-state index in [9.17, 15) is 8.78 Å². The molecular weight excluding hydrogens is 234 g/mol. The molecule has 0 aromatic carbocycles. The SMILES string of the molecule is CCN(CC)CCCNCC1CCC(F)(F)CC1.